The van der Waals surface area contributed by atoms with E-state index < -0.39 is 0 Å². The summed E-state index contributed by atoms with van der Waals surface area (Å²) in [6.45, 7) is 7.78. The van der Waals surface area contributed by atoms with E-state index in [0.29, 0.717) is 13.2 Å². The smallest absolute Gasteiger partial charge is 0.186 e. The number of ether oxygens (including phenoxy) is 2. The fraction of sp³-hybridized carbons (Fsp3) is 0.280. The summed E-state index contributed by atoms with van der Waals surface area (Å²) >= 11 is 0. The van der Waals surface area contributed by atoms with Gasteiger partial charge < -0.3 is 14.4 Å². The molecular weight excluding hydrogens is 346 g/mol. The van der Waals surface area contributed by atoms with Crippen LogP contribution in [0.2, 0.25) is 0 Å². The third kappa shape index (κ3) is 2.83. The normalized spacial score (nSPS) is 16.2. The highest BCUT2D eigenvalue weighted by Gasteiger charge is 2.30. The van der Waals surface area contributed by atoms with Crippen LogP contribution in [0.15, 0.2) is 54.6 Å². The second-order valence-corrected chi connectivity index (χ2v) is 7.86. The maximum Gasteiger partial charge on any atom is 0.186 e. The van der Waals surface area contributed by atoms with E-state index in [1.54, 1.807) is 0 Å². The van der Waals surface area contributed by atoms with Crippen molar-refractivity contribution in [1.82, 2.24) is 0 Å². The number of fused-ring (bicyclic) bond motifs is 2. The van der Waals surface area contributed by atoms with Crippen LogP contribution >= 0.6 is 0 Å². The first kappa shape index (κ1) is 17.5. The lowest BCUT2D eigenvalue weighted by atomic mass is 9.91. The van der Waals surface area contributed by atoms with Gasteiger partial charge in [-0.05, 0) is 49.6 Å². The first-order valence-corrected chi connectivity index (χ1v) is 9.94. The average Bonchev–Trinajstić information content (AvgIpc) is 3.20. The lowest BCUT2D eigenvalue weighted by Gasteiger charge is -2.36. The summed E-state index contributed by atoms with van der Waals surface area (Å²) in [6.07, 6.45) is 0.655. The van der Waals surface area contributed by atoms with Crippen LogP contribution in [0.1, 0.15) is 39.7 Å². The third-order valence-corrected chi connectivity index (χ3v) is 5.70. The highest BCUT2D eigenvalue weighted by Crippen LogP contribution is 2.48. The number of nitrogens with zero attached hydrogens (tertiary/aromatic N) is 1. The van der Waals surface area contributed by atoms with Crippen molar-refractivity contribution < 1.29 is 9.47 Å². The Bertz CT molecular complexity index is 999. The highest BCUT2D eigenvalue weighted by atomic mass is 16.7. The van der Waals surface area contributed by atoms with Crippen LogP contribution in [-0.2, 0) is 15.9 Å². The summed E-state index contributed by atoms with van der Waals surface area (Å²) in [7, 11) is 0. The first-order valence-electron chi connectivity index (χ1n) is 9.94. The average molecular weight is 371 g/mol. The Balaban J connectivity index is 1.77. The van der Waals surface area contributed by atoms with Gasteiger partial charge in [0.1, 0.15) is 0 Å². The second-order valence-electron chi connectivity index (χ2n) is 7.86. The summed E-state index contributed by atoms with van der Waals surface area (Å²) in [5, 5.41) is 0. The molecule has 0 spiro atoms. The molecule has 3 aromatic rings. The van der Waals surface area contributed by atoms with Crippen LogP contribution in [0.5, 0.6) is 0 Å². The number of benzene rings is 3. The number of hydrogen-bond donors (Lipinski definition) is 0. The second kappa shape index (κ2) is 6.77. The number of anilines is 3. The minimum Gasteiger partial charge on any atom is -0.346 e. The molecule has 0 bridgehead atoms. The summed E-state index contributed by atoms with van der Waals surface area (Å²) in [5.41, 5.74) is 11.3. The molecule has 28 heavy (non-hydrogen) atoms. The van der Waals surface area contributed by atoms with Crippen molar-refractivity contribution in [3.63, 3.8) is 0 Å². The Morgan fingerprint density at radius 3 is 2.00 bits per heavy atom. The molecule has 0 amide bonds. The predicted molar refractivity (Wildman–Crippen MR) is 113 cm³/mol. The van der Waals surface area contributed by atoms with Crippen molar-refractivity contribution in [3.8, 4) is 0 Å². The summed E-state index contributed by atoms with van der Waals surface area (Å²) in [4.78, 5) is 2.41. The standard InChI is InChI=1S/C25H25NO2/c1-16-7-9-22-19(13-16)15-20-14-17(2)8-10-23(20)26(22)24-18(3)5-4-6-21(24)25-27-11-12-28-25/h4-10,13-14,25H,11-12,15H2,1-3H3. The van der Waals surface area contributed by atoms with Crippen molar-refractivity contribution >= 4 is 17.1 Å². The third-order valence-electron chi connectivity index (χ3n) is 5.70. The van der Waals surface area contributed by atoms with Crippen LogP contribution in [0.3, 0.4) is 0 Å². The largest absolute Gasteiger partial charge is 0.346 e. The zero-order valence-electron chi connectivity index (χ0n) is 16.7. The van der Waals surface area contributed by atoms with E-state index in [2.05, 4.69) is 80.3 Å². The van der Waals surface area contributed by atoms with Crippen molar-refractivity contribution in [1.29, 1.82) is 0 Å². The van der Waals surface area contributed by atoms with Gasteiger partial charge in [0.2, 0.25) is 0 Å². The van der Waals surface area contributed by atoms with E-state index in [-0.39, 0.29) is 6.29 Å². The van der Waals surface area contributed by atoms with Gasteiger partial charge in [0.15, 0.2) is 6.29 Å². The maximum atomic E-state index is 5.89. The molecule has 142 valence electrons. The molecule has 1 saturated heterocycles. The fourth-order valence-corrected chi connectivity index (χ4v) is 4.44. The molecule has 2 aliphatic heterocycles. The van der Waals surface area contributed by atoms with Crippen molar-refractivity contribution in [3.05, 3.63) is 88.0 Å². The molecule has 3 nitrogen and oxygen atoms in total. The summed E-state index contributed by atoms with van der Waals surface area (Å²) in [6, 6.07) is 19.9. The van der Waals surface area contributed by atoms with Gasteiger partial charge in [-0.15, -0.1) is 0 Å². The molecule has 2 heterocycles. The first-order chi connectivity index (χ1) is 13.6. The lowest BCUT2D eigenvalue weighted by Crippen LogP contribution is -2.21. The quantitative estimate of drug-likeness (QED) is 0.429. The maximum absolute atomic E-state index is 5.89. The van der Waals surface area contributed by atoms with Crippen LogP contribution in [0.4, 0.5) is 17.1 Å². The van der Waals surface area contributed by atoms with Gasteiger partial charge in [0.25, 0.3) is 0 Å². The van der Waals surface area contributed by atoms with E-state index in [0.717, 1.165) is 12.0 Å². The Morgan fingerprint density at radius 1 is 0.786 bits per heavy atom. The van der Waals surface area contributed by atoms with E-state index >= 15 is 0 Å². The van der Waals surface area contributed by atoms with Crippen LogP contribution in [0.25, 0.3) is 0 Å². The Labute approximate surface area is 166 Å². The number of hydrogen-bond acceptors (Lipinski definition) is 3. The Hall–Kier alpha value is -2.62. The number of para-hydroxylation sites is 1. The van der Waals surface area contributed by atoms with Crippen molar-refractivity contribution in [2.45, 2.75) is 33.5 Å². The molecule has 5 rings (SSSR count). The Kier molecular flexibility index (Phi) is 4.22. The minimum atomic E-state index is -0.306. The van der Waals surface area contributed by atoms with Gasteiger partial charge in [-0.3, -0.25) is 0 Å². The number of aryl methyl sites for hydroxylation is 3. The lowest BCUT2D eigenvalue weighted by molar-refractivity contribution is -0.0436. The van der Waals surface area contributed by atoms with Crippen LogP contribution in [0, 0.1) is 20.8 Å². The minimum absolute atomic E-state index is 0.306. The molecule has 0 radical (unpaired) electrons. The van der Waals surface area contributed by atoms with Gasteiger partial charge in [0.05, 0.1) is 18.9 Å². The molecule has 0 N–H and O–H groups in total. The monoisotopic (exact) mass is 371 g/mol. The molecule has 0 saturated carbocycles. The van der Waals surface area contributed by atoms with Gasteiger partial charge in [-0.25, -0.2) is 0 Å². The molecule has 1 fully saturated rings. The summed E-state index contributed by atoms with van der Waals surface area (Å²) < 4.78 is 11.8. The van der Waals surface area contributed by atoms with Gasteiger partial charge in [-0.1, -0.05) is 53.6 Å². The van der Waals surface area contributed by atoms with E-state index in [1.165, 1.54) is 44.9 Å². The van der Waals surface area contributed by atoms with E-state index in [4.69, 9.17) is 9.47 Å². The van der Waals surface area contributed by atoms with Crippen molar-refractivity contribution in [2.24, 2.45) is 0 Å². The van der Waals surface area contributed by atoms with E-state index in [9.17, 15) is 0 Å². The zero-order chi connectivity index (χ0) is 19.3. The highest BCUT2D eigenvalue weighted by molar-refractivity contribution is 5.86. The zero-order valence-corrected chi connectivity index (χ0v) is 16.7. The molecule has 3 aromatic carbocycles. The molecule has 2 aliphatic rings. The van der Waals surface area contributed by atoms with Gasteiger partial charge in [-0.2, -0.15) is 0 Å². The van der Waals surface area contributed by atoms with Gasteiger partial charge in [0, 0.05) is 23.4 Å². The molecule has 3 heteroatoms. The molecule has 0 atom stereocenters. The fourth-order valence-electron chi connectivity index (χ4n) is 4.44. The topological polar surface area (TPSA) is 21.7 Å². The SMILES string of the molecule is Cc1ccc2c(c1)Cc1cc(C)ccc1N2c1c(C)cccc1C1OCCO1. The van der Waals surface area contributed by atoms with Crippen LogP contribution in [-0.4, -0.2) is 13.2 Å². The molecular formula is C25H25NO2. The summed E-state index contributed by atoms with van der Waals surface area (Å²) in [5.74, 6) is 0. The van der Waals surface area contributed by atoms with Crippen molar-refractivity contribution in [2.75, 3.05) is 18.1 Å². The predicted octanol–water partition coefficient (Wildman–Crippen LogP) is 6.03. The van der Waals surface area contributed by atoms with Crippen LogP contribution < -0.4 is 4.90 Å². The number of rotatable bonds is 2. The molecule has 0 aliphatic carbocycles. The Morgan fingerprint density at radius 2 is 1.39 bits per heavy atom. The van der Waals surface area contributed by atoms with Gasteiger partial charge >= 0.3 is 0 Å². The molecule has 0 unspecified atom stereocenters. The van der Waals surface area contributed by atoms with E-state index in [1.807, 2.05) is 0 Å². The molecule has 0 aromatic heterocycles.